The second kappa shape index (κ2) is 5.66. The molecule has 0 spiro atoms. The Kier molecular flexibility index (Phi) is 4.47. The molecular formula is C12H19NO. The zero-order valence-electron chi connectivity index (χ0n) is 8.99. The highest BCUT2D eigenvalue weighted by atomic mass is 16.5. The van der Waals surface area contributed by atoms with Crippen LogP contribution in [0.1, 0.15) is 37.8 Å². The van der Waals surface area contributed by atoms with Gasteiger partial charge < -0.3 is 10.5 Å². The van der Waals surface area contributed by atoms with E-state index in [0.717, 1.165) is 12.2 Å². The Morgan fingerprint density at radius 1 is 1.29 bits per heavy atom. The summed E-state index contributed by atoms with van der Waals surface area (Å²) in [5.41, 5.74) is 7.23. The predicted molar refractivity (Wildman–Crippen MR) is 59.4 cm³/mol. The highest BCUT2D eigenvalue weighted by Gasteiger charge is 2.04. The van der Waals surface area contributed by atoms with Crippen LogP contribution in [0.4, 0.5) is 0 Å². The normalized spacial score (nSPS) is 12.5. The van der Waals surface area contributed by atoms with Crippen molar-refractivity contribution in [3.8, 4) is 5.75 Å². The van der Waals surface area contributed by atoms with Crippen molar-refractivity contribution in [2.45, 2.75) is 32.2 Å². The van der Waals surface area contributed by atoms with Gasteiger partial charge in [-0.2, -0.15) is 0 Å². The van der Waals surface area contributed by atoms with Crippen LogP contribution in [-0.2, 0) is 0 Å². The molecule has 0 aromatic heterocycles. The highest BCUT2D eigenvalue weighted by Crippen LogP contribution is 2.19. The van der Waals surface area contributed by atoms with Crippen molar-refractivity contribution in [1.82, 2.24) is 0 Å². The molecule has 0 heterocycles. The van der Waals surface area contributed by atoms with E-state index in [1.165, 1.54) is 18.4 Å². The second-order valence-corrected chi connectivity index (χ2v) is 3.52. The first kappa shape index (κ1) is 11.1. The third-order valence-electron chi connectivity index (χ3n) is 2.41. The lowest BCUT2D eigenvalue weighted by Crippen LogP contribution is -2.09. The first-order valence-electron chi connectivity index (χ1n) is 5.17. The fraction of sp³-hybridized carbons (Fsp3) is 0.500. The number of hydrogen-bond acceptors (Lipinski definition) is 2. The average molecular weight is 193 g/mol. The van der Waals surface area contributed by atoms with Crippen LogP contribution >= 0.6 is 0 Å². The van der Waals surface area contributed by atoms with Gasteiger partial charge in [-0.25, -0.2) is 0 Å². The minimum Gasteiger partial charge on any atom is -0.497 e. The summed E-state index contributed by atoms with van der Waals surface area (Å²) >= 11 is 0. The maximum absolute atomic E-state index is 6.03. The van der Waals surface area contributed by atoms with E-state index in [0.29, 0.717) is 0 Å². The second-order valence-electron chi connectivity index (χ2n) is 3.52. The molecule has 0 amide bonds. The molecule has 2 heteroatoms. The van der Waals surface area contributed by atoms with Crippen molar-refractivity contribution in [3.63, 3.8) is 0 Å². The fourth-order valence-corrected chi connectivity index (χ4v) is 1.44. The van der Waals surface area contributed by atoms with E-state index in [2.05, 4.69) is 6.92 Å². The average Bonchev–Trinajstić information content (AvgIpc) is 2.26. The van der Waals surface area contributed by atoms with Crippen LogP contribution in [0.5, 0.6) is 5.75 Å². The number of hydrogen-bond donors (Lipinski definition) is 1. The summed E-state index contributed by atoms with van der Waals surface area (Å²) in [7, 11) is 1.67. The lowest BCUT2D eigenvalue weighted by molar-refractivity contribution is 0.414. The molecule has 1 aromatic rings. The molecule has 78 valence electrons. The lowest BCUT2D eigenvalue weighted by Gasteiger charge is -2.11. The minimum absolute atomic E-state index is 0.167. The molecule has 0 aliphatic heterocycles. The van der Waals surface area contributed by atoms with Crippen molar-refractivity contribution in [2.75, 3.05) is 7.11 Å². The molecule has 2 N–H and O–H groups in total. The summed E-state index contributed by atoms with van der Waals surface area (Å²) in [6, 6.07) is 8.17. The van der Waals surface area contributed by atoms with Crippen LogP contribution in [0.15, 0.2) is 24.3 Å². The first-order valence-corrected chi connectivity index (χ1v) is 5.17. The molecular weight excluding hydrogens is 174 g/mol. The van der Waals surface area contributed by atoms with E-state index in [1.807, 2.05) is 24.3 Å². The van der Waals surface area contributed by atoms with Crippen molar-refractivity contribution in [3.05, 3.63) is 29.8 Å². The lowest BCUT2D eigenvalue weighted by atomic mass is 10.0. The van der Waals surface area contributed by atoms with Crippen LogP contribution in [-0.4, -0.2) is 7.11 Å². The summed E-state index contributed by atoms with van der Waals surface area (Å²) in [6.07, 6.45) is 3.44. The van der Waals surface area contributed by atoms with Crippen molar-refractivity contribution >= 4 is 0 Å². The van der Waals surface area contributed by atoms with E-state index in [9.17, 15) is 0 Å². The maximum Gasteiger partial charge on any atom is 0.118 e. The summed E-state index contributed by atoms with van der Waals surface area (Å²) in [4.78, 5) is 0. The summed E-state index contributed by atoms with van der Waals surface area (Å²) in [6.45, 7) is 2.18. The molecule has 1 rings (SSSR count). The monoisotopic (exact) mass is 193 g/mol. The van der Waals surface area contributed by atoms with E-state index in [1.54, 1.807) is 7.11 Å². The number of unbranched alkanes of at least 4 members (excludes halogenated alkanes) is 1. The third kappa shape index (κ3) is 3.04. The molecule has 0 unspecified atom stereocenters. The smallest absolute Gasteiger partial charge is 0.118 e. The Balaban J connectivity index is 2.57. The van der Waals surface area contributed by atoms with Gasteiger partial charge in [-0.05, 0) is 24.1 Å². The topological polar surface area (TPSA) is 35.2 Å². The van der Waals surface area contributed by atoms with Crippen molar-refractivity contribution in [2.24, 2.45) is 5.73 Å². The Bertz CT molecular complexity index is 256. The van der Waals surface area contributed by atoms with Crippen LogP contribution in [0.3, 0.4) is 0 Å². The van der Waals surface area contributed by atoms with Gasteiger partial charge in [0, 0.05) is 6.04 Å². The van der Waals surface area contributed by atoms with Crippen LogP contribution < -0.4 is 10.5 Å². The van der Waals surface area contributed by atoms with E-state index in [-0.39, 0.29) is 6.04 Å². The number of ether oxygens (including phenoxy) is 1. The largest absolute Gasteiger partial charge is 0.497 e. The Hall–Kier alpha value is -1.02. The van der Waals surface area contributed by atoms with Gasteiger partial charge in [-0.1, -0.05) is 31.9 Å². The fourth-order valence-electron chi connectivity index (χ4n) is 1.44. The Labute approximate surface area is 86.1 Å². The molecule has 1 aromatic carbocycles. The SMILES string of the molecule is CCCC[C@@H](N)c1ccc(OC)cc1. The van der Waals surface area contributed by atoms with Crippen LogP contribution in [0.2, 0.25) is 0 Å². The molecule has 0 bridgehead atoms. The van der Waals surface area contributed by atoms with Crippen molar-refractivity contribution in [1.29, 1.82) is 0 Å². The Morgan fingerprint density at radius 2 is 1.93 bits per heavy atom. The summed E-state index contributed by atoms with van der Waals surface area (Å²) in [5.74, 6) is 0.886. The van der Waals surface area contributed by atoms with Gasteiger partial charge in [0.1, 0.15) is 5.75 Å². The molecule has 0 radical (unpaired) electrons. The highest BCUT2D eigenvalue weighted by molar-refractivity contribution is 5.28. The number of nitrogens with two attached hydrogens (primary N) is 1. The molecule has 0 saturated carbocycles. The van der Waals surface area contributed by atoms with Gasteiger partial charge in [0.15, 0.2) is 0 Å². The third-order valence-corrected chi connectivity index (χ3v) is 2.41. The van der Waals surface area contributed by atoms with Gasteiger partial charge in [-0.3, -0.25) is 0 Å². The molecule has 0 aliphatic carbocycles. The van der Waals surface area contributed by atoms with E-state index in [4.69, 9.17) is 10.5 Å². The van der Waals surface area contributed by atoms with Gasteiger partial charge >= 0.3 is 0 Å². The summed E-state index contributed by atoms with van der Waals surface area (Å²) in [5, 5.41) is 0. The van der Waals surface area contributed by atoms with Gasteiger partial charge in [0.2, 0.25) is 0 Å². The van der Waals surface area contributed by atoms with Gasteiger partial charge in [-0.15, -0.1) is 0 Å². The molecule has 0 saturated heterocycles. The summed E-state index contributed by atoms with van der Waals surface area (Å²) < 4.78 is 5.09. The van der Waals surface area contributed by atoms with Gasteiger partial charge in [0.25, 0.3) is 0 Å². The quantitative estimate of drug-likeness (QED) is 0.780. The number of benzene rings is 1. The number of methoxy groups -OCH3 is 1. The van der Waals surface area contributed by atoms with Gasteiger partial charge in [0.05, 0.1) is 7.11 Å². The standard InChI is InChI=1S/C12H19NO/c1-3-4-5-12(13)10-6-8-11(14-2)9-7-10/h6-9,12H,3-5,13H2,1-2H3/t12-/m1/s1. The van der Waals surface area contributed by atoms with E-state index < -0.39 is 0 Å². The zero-order chi connectivity index (χ0) is 10.4. The molecule has 2 nitrogen and oxygen atoms in total. The molecule has 0 fully saturated rings. The maximum atomic E-state index is 6.03. The van der Waals surface area contributed by atoms with Crippen LogP contribution in [0, 0.1) is 0 Å². The van der Waals surface area contributed by atoms with Crippen molar-refractivity contribution < 1.29 is 4.74 Å². The van der Waals surface area contributed by atoms with E-state index >= 15 is 0 Å². The molecule has 0 aliphatic rings. The molecule has 14 heavy (non-hydrogen) atoms. The Morgan fingerprint density at radius 3 is 2.43 bits per heavy atom. The van der Waals surface area contributed by atoms with Crippen LogP contribution in [0.25, 0.3) is 0 Å². The molecule has 1 atom stereocenters. The zero-order valence-corrected chi connectivity index (χ0v) is 8.99. The predicted octanol–water partition coefficient (Wildman–Crippen LogP) is 2.89. The number of rotatable bonds is 5. The minimum atomic E-state index is 0.167. The first-order chi connectivity index (χ1) is 6.77.